The average Bonchev–Trinajstić information content (AvgIpc) is 3.28. The van der Waals surface area contributed by atoms with Gasteiger partial charge in [-0.2, -0.15) is 11.8 Å². The number of carbonyl (C=O) groups is 1. The van der Waals surface area contributed by atoms with Crippen molar-refractivity contribution in [3.8, 4) is 39.9 Å². The molecule has 1 aliphatic rings. The molecule has 1 aliphatic heterocycles. The summed E-state index contributed by atoms with van der Waals surface area (Å²) in [5, 5.41) is 0. The van der Waals surface area contributed by atoms with Crippen LogP contribution in [0.25, 0.3) is 11.1 Å². The van der Waals surface area contributed by atoms with E-state index in [2.05, 4.69) is 38.3 Å². The minimum Gasteiger partial charge on any atom is -0.494 e. The molecule has 0 aromatic heterocycles. The molecular weight excluding hydrogens is 560 g/mol. The normalized spacial score (nSPS) is 15.4. The predicted molar refractivity (Wildman–Crippen MR) is 172 cm³/mol. The molecule has 0 saturated heterocycles. The molecule has 0 spiro atoms. The third kappa shape index (κ3) is 7.46. The molecule has 0 saturated carbocycles. The third-order valence-electron chi connectivity index (χ3n) is 7.28. The second-order valence-corrected chi connectivity index (χ2v) is 11.7. The minimum absolute atomic E-state index is 0.257. The van der Waals surface area contributed by atoms with Gasteiger partial charge in [-0.05, 0) is 110 Å². The maximum atomic E-state index is 11.5. The number of carbonyl (C=O) groups excluding carboxylic acids is 1. The highest BCUT2D eigenvalue weighted by molar-refractivity contribution is 7.98. The van der Waals surface area contributed by atoms with Crippen molar-refractivity contribution in [2.75, 3.05) is 18.6 Å². The van der Waals surface area contributed by atoms with E-state index in [4.69, 9.17) is 23.7 Å². The molecule has 0 radical (unpaired) electrons. The van der Waals surface area contributed by atoms with Crippen LogP contribution in [0.1, 0.15) is 48.6 Å². The van der Waals surface area contributed by atoms with Gasteiger partial charge in [0.05, 0.1) is 6.61 Å². The number of ether oxygens (including phenoxy) is 5. The van der Waals surface area contributed by atoms with Crippen molar-refractivity contribution in [3.05, 3.63) is 101 Å². The lowest BCUT2D eigenvalue weighted by atomic mass is 9.93. The van der Waals surface area contributed by atoms with E-state index in [1.54, 1.807) is 0 Å². The smallest absolute Gasteiger partial charge is 0.303 e. The number of rotatable bonds is 12. The lowest BCUT2D eigenvalue weighted by Gasteiger charge is -2.18. The van der Waals surface area contributed by atoms with Gasteiger partial charge in [0.2, 0.25) is 0 Å². The maximum absolute atomic E-state index is 11.5. The molecule has 0 aliphatic carbocycles. The molecule has 1 unspecified atom stereocenters. The van der Waals surface area contributed by atoms with Crippen molar-refractivity contribution in [1.82, 2.24) is 0 Å². The van der Waals surface area contributed by atoms with Crippen molar-refractivity contribution in [2.45, 2.75) is 52.9 Å². The zero-order valence-corrected chi connectivity index (χ0v) is 26.2. The number of fused-ring (bicyclic) bond motifs is 1. The standard InChI is InChI=1S/C36H38O6S/c1-23-18-30(38-16-9-17-43-5)19-24(2)35(23)32-20-27(12-15-33(32)42-28-10-7-6-8-11-28)22-39-29-13-14-31-34(21-29)40-25(3)36(31)41-26(4)37/h6-8,10-15,18-21,25,36H,9,16-17,22H2,1-5H3/t25?,36-/m1/s1. The van der Waals surface area contributed by atoms with Gasteiger partial charge in [0.25, 0.3) is 0 Å². The fraction of sp³-hybridized carbons (Fsp3) is 0.306. The van der Waals surface area contributed by atoms with Crippen LogP contribution < -0.4 is 18.9 Å². The van der Waals surface area contributed by atoms with Gasteiger partial charge in [-0.15, -0.1) is 0 Å². The molecule has 5 rings (SSSR count). The summed E-state index contributed by atoms with van der Waals surface area (Å²) in [6.45, 7) is 8.58. The molecule has 0 amide bonds. The van der Waals surface area contributed by atoms with Crippen molar-refractivity contribution < 1.29 is 28.5 Å². The summed E-state index contributed by atoms with van der Waals surface area (Å²) >= 11 is 1.83. The van der Waals surface area contributed by atoms with E-state index < -0.39 is 6.10 Å². The number of esters is 1. The van der Waals surface area contributed by atoms with E-state index in [1.807, 2.05) is 79.3 Å². The van der Waals surface area contributed by atoms with E-state index in [0.717, 1.165) is 62.8 Å². The molecule has 6 nitrogen and oxygen atoms in total. The SMILES string of the molecule is CSCCCOc1cc(C)c(-c2cc(COc3ccc4c(c3)OC(C)[C@H]4OC(C)=O)ccc2Oc2ccccc2)c(C)c1. The first-order valence-corrected chi connectivity index (χ1v) is 15.9. The van der Waals surface area contributed by atoms with Crippen molar-refractivity contribution in [3.63, 3.8) is 0 Å². The molecule has 7 heteroatoms. The van der Waals surface area contributed by atoms with Crippen LogP contribution in [-0.4, -0.2) is 30.7 Å². The molecule has 0 bridgehead atoms. The van der Waals surface area contributed by atoms with Crippen molar-refractivity contribution in [2.24, 2.45) is 0 Å². The third-order valence-corrected chi connectivity index (χ3v) is 7.98. The van der Waals surface area contributed by atoms with E-state index in [-0.39, 0.29) is 12.1 Å². The first-order chi connectivity index (χ1) is 20.8. The Balaban J connectivity index is 1.40. The van der Waals surface area contributed by atoms with Crippen LogP contribution in [-0.2, 0) is 16.1 Å². The van der Waals surface area contributed by atoms with Crippen LogP contribution in [0.15, 0.2) is 78.9 Å². The highest BCUT2D eigenvalue weighted by atomic mass is 32.2. The molecular formula is C36H38O6S. The lowest BCUT2D eigenvalue weighted by molar-refractivity contribution is -0.149. The molecule has 0 fully saturated rings. The summed E-state index contributed by atoms with van der Waals surface area (Å²) in [7, 11) is 0. The highest BCUT2D eigenvalue weighted by Gasteiger charge is 2.34. The molecule has 2 atom stereocenters. The van der Waals surface area contributed by atoms with Crippen LogP contribution in [0.5, 0.6) is 28.7 Å². The van der Waals surface area contributed by atoms with Crippen LogP contribution >= 0.6 is 11.8 Å². The topological polar surface area (TPSA) is 63.2 Å². The second-order valence-electron chi connectivity index (χ2n) is 10.7. The van der Waals surface area contributed by atoms with E-state index in [9.17, 15) is 4.79 Å². The Morgan fingerprint density at radius 3 is 2.37 bits per heavy atom. The summed E-state index contributed by atoms with van der Waals surface area (Å²) in [5.74, 6) is 4.53. The van der Waals surface area contributed by atoms with Crippen molar-refractivity contribution in [1.29, 1.82) is 0 Å². The van der Waals surface area contributed by atoms with Gasteiger partial charge in [-0.3, -0.25) is 4.79 Å². The van der Waals surface area contributed by atoms with Gasteiger partial charge < -0.3 is 23.7 Å². The zero-order chi connectivity index (χ0) is 30.3. The van der Waals surface area contributed by atoms with Gasteiger partial charge in [0, 0.05) is 24.1 Å². The molecule has 43 heavy (non-hydrogen) atoms. The van der Waals surface area contributed by atoms with Gasteiger partial charge >= 0.3 is 5.97 Å². The minimum atomic E-state index is -0.417. The second kappa shape index (κ2) is 13.9. The van der Waals surface area contributed by atoms with Crippen LogP contribution in [0, 0.1) is 13.8 Å². The number of aryl methyl sites for hydroxylation is 2. The highest BCUT2D eigenvalue weighted by Crippen LogP contribution is 2.42. The van der Waals surface area contributed by atoms with Crippen molar-refractivity contribution >= 4 is 17.7 Å². The maximum Gasteiger partial charge on any atom is 0.303 e. The number of hydrogen-bond donors (Lipinski definition) is 0. The quantitative estimate of drug-likeness (QED) is 0.119. The largest absolute Gasteiger partial charge is 0.494 e. The van der Waals surface area contributed by atoms with E-state index >= 15 is 0 Å². The first-order valence-electron chi connectivity index (χ1n) is 14.5. The molecule has 224 valence electrons. The Kier molecular flexibility index (Phi) is 9.82. The van der Waals surface area contributed by atoms with E-state index in [0.29, 0.717) is 24.7 Å². The summed E-state index contributed by atoms with van der Waals surface area (Å²) in [6.07, 6.45) is 2.45. The van der Waals surface area contributed by atoms with Gasteiger partial charge in [0.15, 0.2) is 6.10 Å². The van der Waals surface area contributed by atoms with Gasteiger partial charge in [-0.25, -0.2) is 0 Å². The first kappa shape index (κ1) is 30.4. The fourth-order valence-corrected chi connectivity index (χ4v) is 5.76. The summed E-state index contributed by atoms with van der Waals surface area (Å²) in [4.78, 5) is 11.5. The summed E-state index contributed by atoms with van der Waals surface area (Å²) in [6, 6.07) is 25.8. The number of benzene rings is 4. The molecule has 0 N–H and O–H groups in total. The Labute approximate surface area is 258 Å². The summed E-state index contributed by atoms with van der Waals surface area (Å²) < 4.78 is 30.1. The number of para-hydroxylation sites is 1. The van der Waals surface area contributed by atoms with Crippen LogP contribution in [0.4, 0.5) is 0 Å². The molecule has 4 aromatic rings. The fourth-order valence-electron chi connectivity index (χ4n) is 5.35. The average molecular weight is 599 g/mol. The van der Waals surface area contributed by atoms with E-state index in [1.165, 1.54) is 6.92 Å². The monoisotopic (exact) mass is 598 g/mol. The Morgan fingerprint density at radius 1 is 0.884 bits per heavy atom. The van der Waals surface area contributed by atoms with Crippen LogP contribution in [0.2, 0.25) is 0 Å². The van der Waals surface area contributed by atoms with Crippen LogP contribution in [0.3, 0.4) is 0 Å². The summed E-state index contributed by atoms with van der Waals surface area (Å²) in [5.41, 5.74) is 6.18. The molecule has 4 aromatic carbocycles. The molecule has 1 heterocycles. The van der Waals surface area contributed by atoms with Gasteiger partial charge in [-0.1, -0.05) is 24.3 Å². The Morgan fingerprint density at radius 2 is 1.65 bits per heavy atom. The Hall–Kier alpha value is -4.10. The number of thioether (sulfide) groups is 1. The lowest BCUT2D eigenvalue weighted by Crippen LogP contribution is -2.18. The van der Waals surface area contributed by atoms with Gasteiger partial charge in [0.1, 0.15) is 41.5 Å². The zero-order valence-electron chi connectivity index (χ0n) is 25.3. The predicted octanol–water partition coefficient (Wildman–Crippen LogP) is 8.86. The number of hydrogen-bond acceptors (Lipinski definition) is 7. The Bertz CT molecular complexity index is 1540.